The van der Waals surface area contributed by atoms with Crippen molar-refractivity contribution in [3.63, 3.8) is 0 Å². The summed E-state index contributed by atoms with van der Waals surface area (Å²) in [4.78, 5) is 18.4. The van der Waals surface area contributed by atoms with Crippen LogP contribution in [0.2, 0.25) is 0 Å². The normalized spacial score (nSPS) is 15.2. The molecule has 5 rings (SSSR count). The van der Waals surface area contributed by atoms with E-state index in [1.807, 2.05) is 6.07 Å². The van der Waals surface area contributed by atoms with Crippen LogP contribution in [0.15, 0.2) is 59.1 Å². The van der Waals surface area contributed by atoms with Crippen molar-refractivity contribution in [1.82, 2.24) is 15.2 Å². The van der Waals surface area contributed by atoms with Crippen LogP contribution >= 0.6 is 0 Å². The van der Waals surface area contributed by atoms with Gasteiger partial charge in [-0.2, -0.15) is 18.4 Å². The van der Waals surface area contributed by atoms with Crippen LogP contribution in [0.1, 0.15) is 49.3 Å². The van der Waals surface area contributed by atoms with Crippen LogP contribution in [-0.2, 0) is 28.9 Å². The molecule has 0 aliphatic carbocycles. The molecule has 42 heavy (non-hydrogen) atoms. The van der Waals surface area contributed by atoms with Gasteiger partial charge >= 0.3 is 6.18 Å². The highest BCUT2D eigenvalue weighted by Gasteiger charge is 2.41. The minimum Gasteiger partial charge on any atom is -0.419 e. The number of benzene rings is 2. The minimum atomic E-state index is -4.48. The first-order valence-corrected chi connectivity index (χ1v) is 12.6. The summed E-state index contributed by atoms with van der Waals surface area (Å²) in [6.45, 7) is 2.81. The van der Waals surface area contributed by atoms with Crippen LogP contribution in [0.4, 0.5) is 32.0 Å². The number of hydrogen-bond donors (Lipinski definition) is 0. The molecule has 0 spiro atoms. The molecule has 0 fully saturated rings. The fraction of sp³-hybridized carbons (Fsp3) is 0.276. The average molecular weight is 586 g/mol. The lowest BCUT2D eigenvalue weighted by Crippen LogP contribution is -2.29. The summed E-state index contributed by atoms with van der Waals surface area (Å²) < 4.78 is 89.5. The van der Waals surface area contributed by atoms with Crippen molar-refractivity contribution in [2.45, 2.75) is 50.7 Å². The fourth-order valence-electron chi connectivity index (χ4n) is 4.42. The second-order valence-electron chi connectivity index (χ2n) is 10.3. The molecule has 1 amide bonds. The minimum absolute atomic E-state index is 0.105. The van der Waals surface area contributed by atoms with Gasteiger partial charge in [0.1, 0.15) is 11.2 Å². The quantitative estimate of drug-likeness (QED) is 0.230. The van der Waals surface area contributed by atoms with E-state index in [0.717, 1.165) is 23.1 Å². The van der Waals surface area contributed by atoms with Crippen molar-refractivity contribution in [2.24, 2.45) is 0 Å². The van der Waals surface area contributed by atoms with E-state index >= 15 is 13.2 Å². The third-order valence-electron chi connectivity index (χ3n) is 6.87. The maximum atomic E-state index is 15.2. The van der Waals surface area contributed by atoms with E-state index in [1.54, 1.807) is 6.07 Å². The highest BCUT2D eigenvalue weighted by atomic mass is 19.4. The molecule has 0 atom stereocenters. The number of alkyl halides is 5. The number of nitriles is 1. The van der Waals surface area contributed by atoms with Crippen molar-refractivity contribution >= 4 is 11.6 Å². The Balaban J connectivity index is 1.50. The molecule has 2 aromatic heterocycles. The molecule has 0 radical (unpaired) electrons. The number of fused-ring (bicyclic) bond motifs is 1. The summed E-state index contributed by atoms with van der Waals surface area (Å²) in [6.07, 6.45) is -4.46. The van der Waals surface area contributed by atoms with E-state index in [0.29, 0.717) is 22.9 Å². The molecule has 0 bridgehead atoms. The van der Waals surface area contributed by atoms with E-state index < -0.39 is 53.2 Å². The zero-order valence-corrected chi connectivity index (χ0v) is 22.1. The average Bonchev–Trinajstić information content (AvgIpc) is 3.43. The van der Waals surface area contributed by atoms with Gasteiger partial charge < -0.3 is 9.32 Å². The highest BCUT2D eigenvalue weighted by Crippen LogP contribution is 2.45. The van der Waals surface area contributed by atoms with E-state index in [9.17, 15) is 23.2 Å². The summed E-state index contributed by atoms with van der Waals surface area (Å²) in [5.74, 6) is -5.69. The Bertz CT molecular complexity index is 1690. The Morgan fingerprint density at radius 3 is 2.40 bits per heavy atom. The second kappa shape index (κ2) is 10.3. The molecule has 13 heteroatoms. The van der Waals surface area contributed by atoms with Gasteiger partial charge in [-0.25, -0.2) is 13.2 Å². The lowest BCUT2D eigenvalue weighted by atomic mass is 9.96. The first-order chi connectivity index (χ1) is 19.7. The van der Waals surface area contributed by atoms with Gasteiger partial charge in [0, 0.05) is 30.2 Å². The predicted molar refractivity (Wildman–Crippen MR) is 137 cm³/mol. The van der Waals surface area contributed by atoms with Gasteiger partial charge in [-0.3, -0.25) is 9.78 Å². The van der Waals surface area contributed by atoms with E-state index in [1.165, 1.54) is 38.2 Å². The van der Waals surface area contributed by atoms with Crippen LogP contribution in [0.3, 0.4) is 0 Å². The van der Waals surface area contributed by atoms with Crippen LogP contribution in [0.25, 0.3) is 22.7 Å². The number of aromatic nitrogens is 3. The molecule has 7 nitrogen and oxygen atoms in total. The molecule has 2 aromatic carbocycles. The molecule has 216 valence electrons. The van der Waals surface area contributed by atoms with Crippen molar-refractivity contribution in [3.05, 3.63) is 83.1 Å². The van der Waals surface area contributed by atoms with E-state index in [2.05, 4.69) is 15.2 Å². The third kappa shape index (κ3) is 5.44. The number of amides is 1. The zero-order valence-electron chi connectivity index (χ0n) is 22.1. The van der Waals surface area contributed by atoms with Crippen molar-refractivity contribution < 1.29 is 35.6 Å². The number of carbonyl (C=O) groups excluding carboxylic acids is 1. The molecule has 0 N–H and O–H groups in total. The Morgan fingerprint density at radius 2 is 1.79 bits per heavy atom. The number of pyridine rings is 1. The smallest absolute Gasteiger partial charge is 0.416 e. The third-order valence-corrected chi connectivity index (χ3v) is 6.87. The number of hydrogen-bond acceptors (Lipinski definition) is 6. The number of anilines is 1. The molecule has 3 heterocycles. The topological polar surface area (TPSA) is 95.9 Å². The molecule has 0 saturated heterocycles. The number of carbonyl (C=O) groups is 1. The molecule has 4 aromatic rings. The summed E-state index contributed by atoms with van der Waals surface area (Å²) >= 11 is 0. The molecule has 0 unspecified atom stereocenters. The Kier molecular flexibility index (Phi) is 7.04. The fourth-order valence-corrected chi connectivity index (χ4v) is 4.42. The van der Waals surface area contributed by atoms with E-state index in [4.69, 9.17) is 4.42 Å². The van der Waals surface area contributed by atoms with Crippen LogP contribution in [-0.4, -0.2) is 21.1 Å². The van der Waals surface area contributed by atoms with Gasteiger partial charge in [0.2, 0.25) is 11.8 Å². The van der Waals surface area contributed by atoms with Crippen LogP contribution < -0.4 is 4.90 Å². The largest absolute Gasteiger partial charge is 0.419 e. The van der Waals surface area contributed by atoms with Gasteiger partial charge in [0.25, 0.3) is 11.8 Å². The molecular formula is C29H21F6N5O2. The van der Waals surface area contributed by atoms with Crippen molar-refractivity contribution in [2.75, 3.05) is 4.90 Å². The summed E-state index contributed by atoms with van der Waals surface area (Å²) in [6, 6.07) is 11.2. The lowest BCUT2D eigenvalue weighted by Gasteiger charge is -2.25. The van der Waals surface area contributed by atoms with Gasteiger partial charge in [-0.05, 0) is 49.7 Å². The highest BCUT2D eigenvalue weighted by molar-refractivity contribution is 5.96. The monoisotopic (exact) mass is 585 g/mol. The van der Waals surface area contributed by atoms with Gasteiger partial charge in [-0.15, -0.1) is 10.2 Å². The first kappa shape index (κ1) is 28.8. The Hall–Kier alpha value is -4.73. The van der Waals surface area contributed by atoms with Crippen LogP contribution in [0.5, 0.6) is 0 Å². The number of rotatable bonds is 5. The predicted octanol–water partition coefficient (Wildman–Crippen LogP) is 7.18. The van der Waals surface area contributed by atoms with Crippen molar-refractivity contribution in [1.29, 1.82) is 5.26 Å². The molecular weight excluding hydrogens is 564 g/mol. The van der Waals surface area contributed by atoms with Gasteiger partial charge in [0.05, 0.1) is 35.1 Å². The lowest BCUT2D eigenvalue weighted by molar-refractivity contribution is -0.137. The SMILES string of the molecule is CC(C)(C#N)c1nnc(-c2cc3c(cc2F)C(F)(F)CCC(=O)N3Cc2ccc(-c3ccc(C(F)(F)F)cc3)nc2)o1. The maximum absolute atomic E-state index is 15.2. The van der Waals surface area contributed by atoms with Gasteiger partial charge in [-0.1, -0.05) is 18.2 Å². The second-order valence-corrected chi connectivity index (χ2v) is 10.3. The molecule has 1 aliphatic rings. The van der Waals surface area contributed by atoms with Crippen molar-refractivity contribution in [3.8, 4) is 28.8 Å². The summed E-state index contributed by atoms with van der Waals surface area (Å²) in [7, 11) is 0. The molecule has 1 aliphatic heterocycles. The van der Waals surface area contributed by atoms with Crippen LogP contribution in [0, 0.1) is 17.1 Å². The Labute approximate surface area is 235 Å². The summed E-state index contributed by atoms with van der Waals surface area (Å²) in [5.41, 5.74) is -2.07. The standard InChI is InChI=1S/C29H21F6N5O2/c1-27(2,15-36)26-39-38-25(42-26)19-11-23-20(12-21(19)30)28(31,32)10-9-24(41)40(23)14-16-3-8-22(37-13-16)17-4-6-18(7-5-17)29(33,34)35/h3-8,11-13H,9-10,14H2,1-2H3. The molecule has 0 saturated carbocycles. The number of halogens is 6. The first-order valence-electron chi connectivity index (χ1n) is 12.6. The van der Waals surface area contributed by atoms with Gasteiger partial charge in [0.15, 0.2) is 0 Å². The zero-order chi connectivity index (χ0) is 30.4. The van der Waals surface area contributed by atoms with E-state index in [-0.39, 0.29) is 29.6 Å². The summed E-state index contributed by atoms with van der Waals surface area (Å²) in [5, 5.41) is 16.9. The Morgan fingerprint density at radius 1 is 1.07 bits per heavy atom. The number of nitrogens with zero attached hydrogens (tertiary/aromatic N) is 5. The maximum Gasteiger partial charge on any atom is 0.416 e.